The molecule has 3 nitrogen and oxygen atoms in total. The SMILES string of the molecule is Cc1cc2c3c(c1)-n1c4c(cc(C(C)(C)C)cc4c4oc5ccccc5c41)B3c1ccc(C(C)(C)C)cc1N2c1ccc(C(C)(C)C)cc1-c1ccccc1. The Hall–Kier alpha value is -5.48. The molecule has 0 unspecified atom stereocenters. The van der Waals surface area contributed by atoms with Gasteiger partial charge >= 0.3 is 0 Å². The molecular weight excluding hydrogens is 667 g/mol. The normalized spacial score (nSPS) is 13.9. The molecule has 0 saturated carbocycles. The number of fused-ring (bicyclic) bond motifs is 9. The van der Waals surface area contributed by atoms with E-state index in [0.29, 0.717) is 0 Å². The van der Waals surface area contributed by atoms with Gasteiger partial charge in [0.1, 0.15) is 11.1 Å². The topological polar surface area (TPSA) is 21.3 Å². The van der Waals surface area contributed by atoms with Crippen LogP contribution in [0.25, 0.3) is 49.8 Å². The first-order chi connectivity index (χ1) is 26.1. The van der Waals surface area contributed by atoms with Crippen molar-refractivity contribution in [3.63, 3.8) is 0 Å². The summed E-state index contributed by atoms with van der Waals surface area (Å²) in [5.41, 5.74) is 20.9. The van der Waals surface area contributed by atoms with Crippen LogP contribution in [0.15, 0.2) is 120 Å². The molecule has 0 amide bonds. The number of benzene rings is 6. The maximum Gasteiger partial charge on any atom is 0.252 e. The third-order valence-electron chi connectivity index (χ3n) is 12.3. The fraction of sp³-hybridized carbons (Fsp3) is 0.255. The van der Waals surface area contributed by atoms with E-state index in [-0.39, 0.29) is 23.0 Å². The summed E-state index contributed by atoms with van der Waals surface area (Å²) in [5.74, 6) is 0. The average Bonchev–Trinajstić information content (AvgIpc) is 3.67. The van der Waals surface area contributed by atoms with Gasteiger partial charge in [0.05, 0.1) is 11.2 Å². The fourth-order valence-corrected chi connectivity index (χ4v) is 9.31. The van der Waals surface area contributed by atoms with Gasteiger partial charge in [0.2, 0.25) is 0 Å². The third-order valence-corrected chi connectivity index (χ3v) is 12.3. The lowest BCUT2D eigenvalue weighted by molar-refractivity contribution is 0.590. The first-order valence-electron chi connectivity index (χ1n) is 19.9. The molecule has 0 bridgehead atoms. The van der Waals surface area contributed by atoms with E-state index < -0.39 is 0 Å². The van der Waals surface area contributed by atoms with Crippen LogP contribution in [0.1, 0.15) is 84.6 Å². The summed E-state index contributed by atoms with van der Waals surface area (Å²) in [6.07, 6.45) is 0. The van der Waals surface area contributed by atoms with Gasteiger partial charge in [0, 0.05) is 33.4 Å². The number of para-hydroxylation sites is 1. The molecule has 4 heteroatoms. The van der Waals surface area contributed by atoms with Crippen molar-refractivity contribution in [1.29, 1.82) is 0 Å². The summed E-state index contributed by atoms with van der Waals surface area (Å²) >= 11 is 0. The second kappa shape index (κ2) is 11.3. The maximum atomic E-state index is 6.84. The lowest BCUT2D eigenvalue weighted by atomic mass is 9.33. The second-order valence-corrected chi connectivity index (χ2v) is 19.2. The Bertz CT molecular complexity index is 2890. The molecule has 0 atom stereocenters. The minimum absolute atomic E-state index is 0.00186. The smallest absolute Gasteiger partial charge is 0.252 e. The maximum absolute atomic E-state index is 6.84. The number of hydrogen-bond donors (Lipinski definition) is 0. The van der Waals surface area contributed by atoms with Crippen LogP contribution in [0.2, 0.25) is 0 Å². The van der Waals surface area contributed by atoms with E-state index in [1.807, 2.05) is 0 Å². The molecule has 2 aliphatic rings. The van der Waals surface area contributed by atoms with Gasteiger partial charge in [0.15, 0.2) is 5.58 Å². The highest BCUT2D eigenvalue weighted by Crippen LogP contribution is 2.48. The molecule has 0 spiro atoms. The van der Waals surface area contributed by atoms with Gasteiger partial charge in [-0.15, -0.1) is 0 Å². The summed E-state index contributed by atoms with van der Waals surface area (Å²) in [6.45, 7) is 23.2. The van der Waals surface area contributed by atoms with E-state index in [1.165, 1.54) is 83.4 Å². The molecule has 0 radical (unpaired) electrons. The predicted octanol–water partition coefficient (Wildman–Crippen LogP) is 12.0. The van der Waals surface area contributed by atoms with Gasteiger partial charge in [-0.2, -0.15) is 0 Å². The van der Waals surface area contributed by atoms with E-state index in [4.69, 9.17) is 4.42 Å². The van der Waals surface area contributed by atoms with E-state index in [2.05, 4.69) is 194 Å². The number of anilines is 3. The lowest BCUT2D eigenvalue weighted by Crippen LogP contribution is -2.60. The molecular formula is C51H49BN2O. The molecule has 2 aromatic heterocycles. The average molecular weight is 717 g/mol. The lowest BCUT2D eigenvalue weighted by Gasteiger charge is -2.42. The highest BCUT2D eigenvalue weighted by atomic mass is 16.3. The number of rotatable bonds is 2. The molecule has 6 aromatic carbocycles. The van der Waals surface area contributed by atoms with Gasteiger partial charge in [0.25, 0.3) is 6.71 Å². The van der Waals surface area contributed by atoms with Gasteiger partial charge in [-0.3, -0.25) is 0 Å². The number of furan rings is 1. The summed E-state index contributed by atoms with van der Waals surface area (Å²) in [6, 6.07) is 43.8. The van der Waals surface area contributed by atoms with Crippen molar-refractivity contribution in [2.24, 2.45) is 0 Å². The molecule has 8 aromatic rings. The van der Waals surface area contributed by atoms with Crippen LogP contribution in [0.5, 0.6) is 0 Å². The van der Waals surface area contributed by atoms with Crippen molar-refractivity contribution >= 4 is 73.1 Å². The highest BCUT2D eigenvalue weighted by Gasteiger charge is 2.44. The molecule has 10 rings (SSSR count). The van der Waals surface area contributed by atoms with Gasteiger partial charge in [-0.05, 0) is 116 Å². The Morgan fingerprint density at radius 2 is 1.16 bits per heavy atom. The minimum Gasteiger partial charge on any atom is -0.454 e. The van der Waals surface area contributed by atoms with Crippen molar-refractivity contribution in [3.05, 3.63) is 138 Å². The molecule has 272 valence electrons. The third kappa shape index (κ3) is 4.96. The Morgan fingerprint density at radius 3 is 1.89 bits per heavy atom. The molecule has 2 aliphatic heterocycles. The van der Waals surface area contributed by atoms with Crippen LogP contribution in [0.4, 0.5) is 17.1 Å². The Balaban J connectivity index is 1.38. The second-order valence-electron chi connectivity index (χ2n) is 19.2. The van der Waals surface area contributed by atoms with Gasteiger partial charge in [-0.25, -0.2) is 0 Å². The molecule has 0 fully saturated rings. The molecule has 4 heterocycles. The van der Waals surface area contributed by atoms with Crippen molar-refractivity contribution in [2.75, 3.05) is 4.90 Å². The van der Waals surface area contributed by atoms with Crippen molar-refractivity contribution < 1.29 is 4.42 Å². The zero-order chi connectivity index (χ0) is 38.3. The first-order valence-corrected chi connectivity index (χ1v) is 19.9. The number of aryl methyl sites for hydroxylation is 1. The predicted molar refractivity (Wildman–Crippen MR) is 236 cm³/mol. The molecule has 0 aliphatic carbocycles. The Morgan fingerprint density at radius 1 is 0.509 bits per heavy atom. The Kier molecular flexibility index (Phi) is 6.99. The van der Waals surface area contributed by atoms with Crippen LogP contribution >= 0.6 is 0 Å². The molecule has 0 saturated heterocycles. The van der Waals surface area contributed by atoms with Gasteiger partial charge in [-0.1, -0.05) is 129 Å². The minimum atomic E-state index is -0.0550. The van der Waals surface area contributed by atoms with Crippen LogP contribution in [-0.2, 0) is 16.2 Å². The van der Waals surface area contributed by atoms with Crippen LogP contribution in [0.3, 0.4) is 0 Å². The summed E-state index contributed by atoms with van der Waals surface area (Å²) in [5, 5.41) is 2.35. The summed E-state index contributed by atoms with van der Waals surface area (Å²) < 4.78 is 9.39. The first kappa shape index (κ1) is 34.0. The van der Waals surface area contributed by atoms with E-state index in [0.717, 1.165) is 22.1 Å². The zero-order valence-electron chi connectivity index (χ0n) is 33.8. The number of nitrogens with zero attached hydrogens (tertiary/aromatic N) is 2. The fourth-order valence-electron chi connectivity index (χ4n) is 9.31. The monoisotopic (exact) mass is 716 g/mol. The number of aromatic nitrogens is 1. The molecule has 55 heavy (non-hydrogen) atoms. The van der Waals surface area contributed by atoms with Crippen molar-refractivity contribution in [1.82, 2.24) is 4.57 Å². The van der Waals surface area contributed by atoms with E-state index in [1.54, 1.807) is 0 Å². The van der Waals surface area contributed by atoms with Crippen molar-refractivity contribution in [3.8, 4) is 16.8 Å². The highest BCUT2D eigenvalue weighted by molar-refractivity contribution is 7.00. The summed E-state index contributed by atoms with van der Waals surface area (Å²) in [7, 11) is 0. The zero-order valence-corrected chi connectivity index (χ0v) is 33.8. The van der Waals surface area contributed by atoms with Crippen LogP contribution in [0, 0.1) is 6.92 Å². The van der Waals surface area contributed by atoms with Crippen LogP contribution in [-0.4, -0.2) is 11.3 Å². The Labute approximate surface area is 325 Å². The standard InChI is InChI=1S/C51H49BN2O/c1-30-24-42-45-43(25-30)54-46-37(48-47(54)35-18-14-15-19-44(35)55-48)27-34(51(8,9)10)28-39(46)52(45)38-22-20-33(50(5,6)7)29-41(38)53(42)40-23-21-32(49(2,3)4)26-36(40)31-16-12-11-13-17-31/h11-29H,1-10H3. The van der Waals surface area contributed by atoms with E-state index >= 15 is 0 Å². The summed E-state index contributed by atoms with van der Waals surface area (Å²) in [4.78, 5) is 2.60. The van der Waals surface area contributed by atoms with E-state index in [9.17, 15) is 0 Å². The molecule has 0 N–H and O–H groups in total. The largest absolute Gasteiger partial charge is 0.454 e. The van der Waals surface area contributed by atoms with Gasteiger partial charge < -0.3 is 13.9 Å². The van der Waals surface area contributed by atoms with Crippen molar-refractivity contribution in [2.45, 2.75) is 85.5 Å². The number of hydrogen-bond acceptors (Lipinski definition) is 2. The quantitative estimate of drug-likeness (QED) is 0.166. The van der Waals surface area contributed by atoms with Crippen LogP contribution < -0.4 is 21.3 Å².